The van der Waals surface area contributed by atoms with E-state index < -0.39 is 0 Å². The molecule has 5 heteroatoms. The third-order valence-corrected chi connectivity index (χ3v) is 8.37. The molecule has 1 fully saturated rings. The molecular formula is C31H47N5. The van der Waals surface area contributed by atoms with E-state index in [1.165, 1.54) is 65.5 Å². The van der Waals surface area contributed by atoms with Crippen molar-refractivity contribution < 1.29 is 0 Å². The Morgan fingerprint density at radius 2 is 1.44 bits per heavy atom. The third-order valence-electron chi connectivity index (χ3n) is 8.37. The molecule has 2 aromatic carbocycles. The molecule has 0 spiro atoms. The Morgan fingerprint density at radius 1 is 0.833 bits per heavy atom. The molecule has 1 heterocycles. The molecule has 0 radical (unpaired) electrons. The van der Waals surface area contributed by atoms with Gasteiger partial charge >= 0.3 is 0 Å². The van der Waals surface area contributed by atoms with E-state index in [4.69, 9.17) is 9.97 Å². The zero-order valence-electron chi connectivity index (χ0n) is 22.8. The topological polar surface area (TPSA) is 53.1 Å². The Labute approximate surface area is 219 Å². The van der Waals surface area contributed by atoms with E-state index >= 15 is 0 Å². The fourth-order valence-corrected chi connectivity index (χ4v) is 5.61. The number of hydrogen-bond donors (Lipinski definition) is 2. The monoisotopic (exact) mass is 489 g/mol. The predicted octanol–water partition coefficient (Wildman–Crippen LogP) is 7.02. The van der Waals surface area contributed by atoms with Crippen molar-refractivity contribution in [3.05, 3.63) is 57.6 Å². The molecule has 0 unspecified atom stereocenters. The molecular weight excluding hydrogens is 442 g/mol. The molecule has 0 saturated heterocycles. The van der Waals surface area contributed by atoms with E-state index in [0.717, 1.165) is 41.7 Å². The zero-order chi connectivity index (χ0) is 25.1. The van der Waals surface area contributed by atoms with Crippen LogP contribution >= 0.6 is 0 Å². The van der Waals surface area contributed by atoms with Gasteiger partial charge in [0.1, 0.15) is 5.82 Å². The van der Waals surface area contributed by atoms with Gasteiger partial charge in [0.05, 0.1) is 5.52 Å². The van der Waals surface area contributed by atoms with Crippen molar-refractivity contribution in [1.29, 1.82) is 0 Å². The van der Waals surface area contributed by atoms with Crippen LogP contribution in [0.2, 0.25) is 0 Å². The number of anilines is 2. The second-order valence-electron chi connectivity index (χ2n) is 10.7. The van der Waals surface area contributed by atoms with E-state index in [1.807, 2.05) is 26.2 Å². The minimum atomic E-state index is 0. The van der Waals surface area contributed by atoms with Crippen molar-refractivity contribution in [2.75, 3.05) is 30.9 Å². The van der Waals surface area contributed by atoms with Gasteiger partial charge in [-0.25, -0.2) is 4.98 Å². The average molecular weight is 490 g/mol. The third kappa shape index (κ3) is 6.00. The van der Waals surface area contributed by atoms with Crippen molar-refractivity contribution >= 4 is 22.7 Å². The second kappa shape index (κ2) is 12.1. The lowest BCUT2D eigenvalue weighted by atomic mass is 9.84. The maximum Gasteiger partial charge on any atom is 0.225 e. The Balaban J connectivity index is 0.00000361. The minimum absolute atomic E-state index is 0. The van der Waals surface area contributed by atoms with Gasteiger partial charge in [-0.2, -0.15) is 4.98 Å². The first-order chi connectivity index (χ1) is 16.8. The standard InChI is InChI=1S/C30H43N5.CH4/c1-19-20(2)22(4)27(23(5)21(19)3)18-31-17-16-24-12-14-25(15-13-24)32-30-33-28-11-9-8-10-26(28)29(34-30)35(6)7;/h8-11,24-25,31H,12-18H2,1-7H3,(H,32,33,34);1H4. The number of benzene rings is 2. The normalized spacial score (nSPS) is 17.6. The molecule has 0 aliphatic heterocycles. The lowest BCUT2D eigenvalue weighted by Gasteiger charge is -2.29. The summed E-state index contributed by atoms with van der Waals surface area (Å²) < 4.78 is 0. The van der Waals surface area contributed by atoms with Crippen LogP contribution in [-0.4, -0.2) is 36.6 Å². The van der Waals surface area contributed by atoms with Crippen molar-refractivity contribution in [1.82, 2.24) is 15.3 Å². The summed E-state index contributed by atoms with van der Waals surface area (Å²) in [4.78, 5) is 11.7. The summed E-state index contributed by atoms with van der Waals surface area (Å²) in [6, 6.07) is 8.71. The maximum absolute atomic E-state index is 4.83. The molecule has 1 aliphatic rings. The van der Waals surface area contributed by atoms with Crippen LogP contribution < -0.4 is 15.5 Å². The number of para-hydroxylation sites is 1. The Morgan fingerprint density at radius 3 is 2.08 bits per heavy atom. The molecule has 0 bridgehead atoms. The van der Waals surface area contributed by atoms with Crippen LogP contribution in [0.5, 0.6) is 0 Å². The summed E-state index contributed by atoms with van der Waals surface area (Å²) in [6.07, 6.45) is 6.17. The van der Waals surface area contributed by atoms with E-state index in [9.17, 15) is 0 Å². The largest absolute Gasteiger partial charge is 0.362 e. The quantitative estimate of drug-likeness (QED) is 0.333. The fraction of sp³-hybridized carbons (Fsp3) is 0.548. The fourth-order valence-electron chi connectivity index (χ4n) is 5.61. The molecule has 2 N–H and O–H groups in total. The summed E-state index contributed by atoms with van der Waals surface area (Å²) in [5.41, 5.74) is 9.74. The molecule has 1 aromatic heterocycles. The minimum Gasteiger partial charge on any atom is -0.362 e. The maximum atomic E-state index is 4.83. The molecule has 4 rings (SSSR count). The molecule has 1 saturated carbocycles. The van der Waals surface area contributed by atoms with Gasteiger partial charge in [-0.1, -0.05) is 19.6 Å². The van der Waals surface area contributed by atoms with Gasteiger partial charge in [-0.15, -0.1) is 0 Å². The number of aromatic nitrogens is 2. The Kier molecular flexibility index (Phi) is 9.35. The summed E-state index contributed by atoms with van der Waals surface area (Å²) in [5, 5.41) is 8.49. The first-order valence-electron chi connectivity index (χ1n) is 13.2. The highest BCUT2D eigenvalue weighted by molar-refractivity contribution is 5.90. The van der Waals surface area contributed by atoms with Crippen molar-refractivity contribution in [3.8, 4) is 0 Å². The van der Waals surface area contributed by atoms with Crippen LogP contribution in [0.25, 0.3) is 10.9 Å². The molecule has 0 atom stereocenters. The van der Waals surface area contributed by atoms with E-state index in [-0.39, 0.29) is 7.43 Å². The molecule has 36 heavy (non-hydrogen) atoms. The van der Waals surface area contributed by atoms with E-state index in [0.29, 0.717) is 6.04 Å². The van der Waals surface area contributed by atoms with Crippen LogP contribution in [0, 0.1) is 40.5 Å². The SMILES string of the molecule is C.Cc1c(C)c(C)c(CNCCC2CCC(Nc3nc(N(C)C)c4ccccc4n3)CC2)c(C)c1C. The highest BCUT2D eigenvalue weighted by Crippen LogP contribution is 2.30. The van der Waals surface area contributed by atoms with Gasteiger partial charge in [-0.3, -0.25) is 0 Å². The Bertz CT molecular complexity index is 1150. The number of nitrogens with one attached hydrogen (secondary N) is 2. The zero-order valence-corrected chi connectivity index (χ0v) is 22.8. The van der Waals surface area contributed by atoms with Gasteiger partial charge in [0.2, 0.25) is 5.95 Å². The van der Waals surface area contributed by atoms with E-state index in [2.05, 4.69) is 62.3 Å². The number of hydrogen-bond acceptors (Lipinski definition) is 5. The number of fused-ring (bicyclic) bond motifs is 1. The predicted molar refractivity (Wildman–Crippen MR) is 156 cm³/mol. The van der Waals surface area contributed by atoms with Gasteiger partial charge in [-0.05, 0) is 125 Å². The Hall–Kier alpha value is -2.66. The van der Waals surface area contributed by atoms with Crippen molar-refractivity contribution in [3.63, 3.8) is 0 Å². The van der Waals surface area contributed by atoms with Crippen LogP contribution in [0.15, 0.2) is 24.3 Å². The highest BCUT2D eigenvalue weighted by atomic mass is 15.2. The number of nitrogens with zero attached hydrogens (tertiary/aromatic N) is 3. The molecule has 5 nitrogen and oxygen atoms in total. The van der Waals surface area contributed by atoms with Gasteiger partial charge in [0.15, 0.2) is 0 Å². The lowest BCUT2D eigenvalue weighted by Crippen LogP contribution is -2.29. The summed E-state index contributed by atoms with van der Waals surface area (Å²) in [5.74, 6) is 2.54. The molecule has 196 valence electrons. The summed E-state index contributed by atoms with van der Waals surface area (Å²) >= 11 is 0. The highest BCUT2D eigenvalue weighted by Gasteiger charge is 2.22. The smallest absolute Gasteiger partial charge is 0.225 e. The van der Waals surface area contributed by atoms with Gasteiger partial charge in [0.25, 0.3) is 0 Å². The van der Waals surface area contributed by atoms with Crippen LogP contribution in [0.3, 0.4) is 0 Å². The second-order valence-corrected chi connectivity index (χ2v) is 10.7. The average Bonchev–Trinajstić information content (AvgIpc) is 2.86. The van der Waals surface area contributed by atoms with Crippen LogP contribution in [0.1, 0.15) is 72.9 Å². The number of rotatable bonds is 8. The lowest BCUT2D eigenvalue weighted by molar-refractivity contribution is 0.316. The van der Waals surface area contributed by atoms with Gasteiger partial charge in [0, 0.05) is 32.1 Å². The van der Waals surface area contributed by atoms with Gasteiger partial charge < -0.3 is 15.5 Å². The molecule has 3 aromatic rings. The van der Waals surface area contributed by atoms with Crippen LogP contribution in [0.4, 0.5) is 11.8 Å². The molecule has 1 aliphatic carbocycles. The van der Waals surface area contributed by atoms with Crippen molar-refractivity contribution in [2.45, 2.75) is 86.7 Å². The van der Waals surface area contributed by atoms with Crippen molar-refractivity contribution in [2.24, 2.45) is 5.92 Å². The summed E-state index contributed by atoms with van der Waals surface area (Å²) in [6.45, 7) is 13.4. The first-order valence-corrected chi connectivity index (χ1v) is 13.2. The van der Waals surface area contributed by atoms with Crippen LogP contribution in [-0.2, 0) is 6.54 Å². The molecule has 0 amide bonds. The van der Waals surface area contributed by atoms with E-state index in [1.54, 1.807) is 0 Å². The first kappa shape index (κ1) is 27.9. The summed E-state index contributed by atoms with van der Waals surface area (Å²) in [7, 11) is 4.09.